The minimum atomic E-state index is -0.555. The molecule has 1 atom stereocenters. The van der Waals surface area contributed by atoms with Gasteiger partial charge in [-0.05, 0) is 18.6 Å². The van der Waals surface area contributed by atoms with Crippen molar-refractivity contribution in [3.05, 3.63) is 11.7 Å². The molecule has 1 aromatic rings. The van der Waals surface area contributed by atoms with Gasteiger partial charge in [0.1, 0.15) is 6.04 Å². The molecule has 1 unspecified atom stereocenters. The Bertz CT molecular complexity index is 384. The van der Waals surface area contributed by atoms with Gasteiger partial charge in [0.2, 0.25) is 5.89 Å². The Morgan fingerprint density at radius 1 is 1.58 bits per heavy atom. The van der Waals surface area contributed by atoms with Gasteiger partial charge in [-0.2, -0.15) is 16.7 Å². The standard InChI is InChI=1S/C12H21N3O3S/c1-3-4-5-10-14-11(18-15-10)8-19-7-6-9(13)12(16)17-2/h9H,3-8,13H2,1-2H3. The largest absolute Gasteiger partial charge is 0.468 e. The van der Waals surface area contributed by atoms with Crippen molar-refractivity contribution in [1.82, 2.24) is 10.1 Å². The van der Waals surface area contributed by atoms with Gasteiger partial charge in [-0.1, -0.05) is 18.5 Å². The molecule has 108 valence electrons. The van der Waals surface area contributed by atoms with Crippen LogP contribution < -0.4 is 5.73 Å². The van der Waals surface area contributed by atoms with E-state index in [1.54, 1.807) is 11.8 Å². The molecular formula is C12H21N3O3S. The molecule has 0 aromatic carbocycles. The van der Waals surface area contributed by atoms with Crippen molar-refractivity contribution in [3.63, 3.8) is 0 Å². The number of carbonyl (C=O) groups is 1. The fourth-order valence-electron chi connectivity index (χ4n) is 1.42. The zero-order valence-corrected chi connectivity index (χ0v) is 12.2. The van der Waals surface area contributed by atoms with Crippen LogP contribution in [-0.2, 0) is 21.7 Å². The molecule has 19 heavy (non-hydrogen) atoms. The first-order valence-electron chi connectivity index (χ1n) is 6.40. The molecule has 0 spiro atoms. The Hall–Kier alpha value is -1.08. The highest BCUT2D eigenvalue weighted by atomic mass is 32.2. The van der Waals surface area contributed by atoms with E-state index >= 15 is 0 Å². The molecule has 0 saturated heterocycles. The van der Waals surface area contributed by atoms with E-state index in [0.29, 0.717) is 18.1 Å². The van der Waals surface area contributed by atoms with E-state index in [0.717, 1.165) is 30.8 Å². The van der Waals surface area contributed by atoms with E-state index in [1.165, 1.54) is 7.11 Å². The van der Waals surface area contributed by atoms with E-state index in [1.807, 2.05) is 0 Å². The summed E-state index contributed by atoms with van der Waals surface area (Å²) >= 11 is 1.62. The fraction of sp³-hybridized carbons (Fsp3) is 0.750. The molecule has 7 heteroatoms. The zero-order chi connectivity index (χ0) is 14.1. The van der Waals surface area contributed by atoms with Crippen molar-refractivity contribution in [2.45, 2.75) is 44.4 Å². The third kappa shape index (κ3) is 6.07. The number of carbonyl (C=O) groups excluding carboxylic acids is 1. The molecule has 0 bridgehead atoms. The lowest BCUT2D eigenvalue weighted by Crippen LogP contribution is -2.31. The third-order valence-corrected chi connectivity index (χ3v) is 3.54. The smallest absolute Gasteiger partial charge is 0.322 e. The Labute approximate surface area is 117 Å². The van der Waals surface area contributed by atoms with E-state index in [4.69, 9.17) is 10.3 Å². The van der Waals surface area contributed by atoms with Crippen molar-refractivity contribution in [1.29, 1.82) is 0 Å². The van der Waals surface area contributed by atoms with Crippen LogP contribution in [0.15, 0.2) is 4.52 Å². The molecular weight excluding hydrogens is 266 g/mol. The van der Waals surface area contributed by atoms with Crippen LogP contribution in [0.5, 0.6) is 0 Å². The predicted octanol–water partition coefficient (Wildman–Crippen LogP) is 1.54. The van der Waals surface area contributed by atoms with Crippen LogP contribution in [0.25, 0.3) is 0 Å². The highest BCUT2D eigenvalue weighted by molar-refractivity contribution is 7.98. The van der Waals surface area contributed by atoms with Gasteiger partial charge in [0, 0.05) is 6.42 Å². The number of methoxy groups -OCH3 is 1. The fourth-order valence-corrected chi connectivity index (χ4v) is 2.28. The number of hydrogen-bond donors (Lipinski definition) is 1. The van der Waals surface area contributed by atoms with Crippen molar-refractivity contribution < 1.29 is 14.1 Å². The predicted molar refractivity (Wildman–Crippen MR) is 73.7 cm³/mol. The summed E-state index contributed by atoms with van der Waals surface area (Å²) in [4.78, 5) is 15.4. The first kappa shape index (κ1) is 16.0. The Kier molecular flexibility index (Phi) is 7.50. The number of aromatic nitrogens is 2. The van der Waals surface area contributed by atoms with Gasteiger partial charge in [0.05, 0.1) is 12.9 Å². The molecule has 0 saturated carbocycles. The Balaban J connectivity index is 2.18. The molecule has 1 heterocycles. The molecule has 0 aliphatic rings. The summed E-state index contributed by atoms with van der Waals surface area (Å²) in [7, 11) is 1.34. The van der Waals surface area contributed by atoms with Crippen LogP contribution in [0.3, 0.4) is 0 Å². The summed E-state index contributed by atoms with van der Waals surface area (Å²) in [6, 6.07) is -0.555. The molecule has 0 radical (unpaired) electrons. The number of aryl methyl sites for hydroxylation is 1. The maximum absolute atomic E-state index is 11.1. The summed E-state index contributed by atoms with van der Waals surface area (Å²) in [5, 5.41) is 3.91. The van der Waals surface area contributed by atoms with Gasteiger partial charge >= 0.3 is 5.97 Å². The second-order valence-corrected chi connectivity index (χ2v) is 5.28. The third-order valence-electron chi connectivity index (χ3n) is 2.57. The number of thioether (sulfide) groups is 1. The Morgan fingerprint density at radius 3 is 3.05 bits per heavy atom. The molecule has 6 nitrogen and oxygen atoms in total. The van der Waals surface area contributed by atoms with Gasteiger partial charge in [-0.25, -0.2) is 0 Å². The van der Waals surface area contributed by atoms with Crippen LogP contribution in [-0.4, -0.2) is 35.0 Å². The molecule has 0 aliphatic carbocycles. The molecule has 0 amide bonds. The number of rotatable bonds is 9. The minimum Gasteiger partial charge on any atom is -0.468 e. The SMILES string of the molecule is CCCCc1noc(CSCCC(N)C(=O)OC)n1. The maximum Gasteiger partial charge on any atom is 0.322 e. The lowest BCUT2D eigenvalue weighted by molar-refractivity contribution is -0.142. The number of ether oxygens (including phenoxy) is 1. The van der Waals surface area contributed by atoms with Crippen molar-refractivity contribution in [2.75, 3.05) is 12.9 Å². The molecule has 1 aromatic heterocycles. The summed E-state index contributed by atoms with van der Waals surface area (Å²) in [6.07, 6.45) is 3.62. The molecule has 1 rings (SSSR count). The molecule has 2 N–H and O–H groups in total. The number of nitrogens with zero attached hydrogens (tertiary/aromatic N) is 2. The lowest BCUT2D eigenvalue weighted by Gasteiger charge is -2.07. The first-order chi connectivity index (χ1) is 9.17. The van der Waals surface area contributed by atoms with Crippen LogP contribution in [0.1, 0.15) is 37.9 Å². The second-order valence-electron chi connectivity index (χ2n) is 4.18. The van der Waals surface area contributed by atoms with Crippen LogP contribution in [0.4, 0.5) is 0 Å². The van der Waals surface area contributed by atoms with Gasteiger partial charge < -0.3 is 15.0 Å². The number of esters is 1. The number of hydrogen-bond acceptors (Lipinski definition) is 7. The monoisotopic (exact) mass is 287 g/mol. The number of nitrogens with two attached hydrogens (primary N) is 1. The average molecular weight is 287 g/mol. The Morgan fingerprint density at radius 2 is 2.37 bits per heavy atom. The summed E-state index contributed by atoms with van der Waals surface area (Å²) in [6.45, 7) is 2.13. The number of unbranched alkanes of at least 4 members (excludes halogenated alkanes) is 1. The second kappa shape index (κ2) is 8.92. The summed E-state index contributed by atoms with van der Waals surface area (Å²) in [5.74, 6) is 2.42. The van der Waals surface area contributed by atoms with Gasteiger partial charge in [-0.15, -0.1) is 0 Å². The van der Waals surface area contributed by atoms with Crippen LogP contribution in [0.2, 0.25) is 0 Å². The topological polar surface area (TPSA) is 91.2 Å². The molecule has 0 aliphatic heterocycles. The normalized spacial score (nSPS) is 12.4. The quantitative estimate of drug-likeness (QED) is 0.544. The van der Waals surface area contributed by atoms with E-state index in [9.17, 15) is 4.79 Å². The highest BCUT2D eigenvalue weighted by Gasteiger charge is 2.13. The first-order valence-corrected chi connectivity index (χ1v) is 7.55. The van der Waals surface area contributed by atoms with Crippen LogP contribution in [0, 0.1) is 0 Å². The van der Waals surface area contributed by atoms with Crippen molar-refractivity contribution in [2.24, 2.45) is 5.73 Å². The van der Waals surface area contributed by atoms with Crippen LogP contribution >= 0.6 is 11.8 Å². The van der Waals surface area contributed by atoms with Gasteiger partial charge in [0.25, 0.3) is 0 Å². The van der Waals surface area contributed by atoms with E-state index in [-0.39, 0.29) is 5.97 Å². The van der Waals surface area contributed by atoms with E-state index < -0.39 is 6.04 Å². The maximum atomic E-state index is 11.1. The lowest BCUT2D eigenvalue weighted by atomic mass is 10.2. The van der Waals surface area contributed by atoms with Crippen molar-refractivity contribution in [3.8, 4) is 0 Å². The summed E-state index contributed by atoms with van der Waals surface area (Å²) in [5.41, 5.74) is 5.63. The van der Waals surface area contributed by atoms with E-state index in [2.05, 4.69) is 21.8 Å². The highest BCUT2D eigenvalue weighted by Crippen LogP contribution is 2.13. The average Bonchev–Trinajstić information content (AvgIpc) is 2.88. The minimum absolute atomic E-state index is 0.375. The summed E-state index contributed by atoms with van der Waals surface area (Å²) < 4.78 is 9.69. The van der Waals surface area contributed by atoms with Crippen molar-refractivity contribution >= 4 is 17.7 Å². The van der Waals surface area contributed by atoms with Gasteiger partial charge in [-0.3, -0.25) is 4.79 Å². The van der Waals surface area contributed by atoms with Gasteiger partial charge in [0.15, 0.2) is 5.82 Å². The molecule has 0 fully saturated rings. The zero-order valence-electron chi connectivity index (χ0n) is 11.4.